The zero-order chi connectivity index (χ0) is 38.5. The topological polar surface area (TPSA) is 105 Å². The minimum absolute atomic E-state index is 0.00214. The van der Waals surface area contributed by atoms with E-state index in [4.69, 9.17) is 18.9 Å². The number of carbonyl (C=O) groups excluding carboxylic acids is 4. The van der Waals surface area contributed by atoms with Gasteiger partial charge in [0.05, 0.1) is 5.56 Å². The molecule has 0 saturated heterocycles. The van der Waals surface area contributed by atoms with Crippen LogP contribution in [0.3, 0.4) is 0 Å². The number of aryl methyl sites for hydroxylation is 2. The summed E-state index contributed by atoms with van der Waals surface area (Å²) in [4.78, 5) is 51.8. The second kappa shape index (κ2) is 16.1. The second-order valence-corrected chi connectivity index (χ2v) is 16.5. The molecule has 0 spiro atoms. The Kier molecular flexibility index (Phi) is 13.7. The minimum atomic E-state index is -4.67. The molecule has 2 aromatic rings. The lowest BCUT2D eigenvalue weighted by molar-refractivity contribution is -0.156. The first-order valence-electron chi connectivity index (χ1n) is 17.1. The largest absolute Gasteiger partial charge is 0.460 e. The highest BCUT2D eigenvalue weighted by Crippen LogP contribution is 2.39. The van der Waals surface area contributed by atoms with Crippen LogP contribution in [-0.2, 0) is 70.0 Å². The van der Waals surface area contributed by atoms with Crippen molar-refractivity contribution >= 4 is 34.6 Å². The normalized spacial score (nSPS) is 12.9. The summed E-state index contributed by atoms with van der Waals surface area (Å²) in [6, 6.07) is 3.40. The van der Waals surface area contributed by atoms with Gasteiger partial charge >= 0.3 is 30.1 Å². The molecule has 0 fully saturated rings. The first-order chi connectivity index (χ1) is 22.5. The molecule has 8 nitrogen and oxygen atoms in total. The maximum atomic E-state index is 14.1. The van der Waals surface area contributed by atoms with Crippen molar-refractivity contribution < 1.29 is 51.3 Å². The van der Waals surface area contributed by atoms with E-state index in [1.54, 1.807) is 83.1 Å². The molecule has 0 unspecified atom stereocenters. The lowest BCUT2D eigenvalue weighted by Gasteiger charge is -2.26. The fourth-order valence-corrected chi connectivity index (χ4v) is 5.58. The Labute approximate surface area is 294 Å². The summed E-state index contributed by atoms with van der Waals surface area (Å²) in [7, 11) is 0. The number of carbonyl (C=O) groups is 4. The van der Waals surface area contributed by atoms with Crippen molar-refractivity contribution in [2.24, 2.45) is 0 Å². The van der Waals surface area contributed by atoms with E-state index in [0.717, 1.165) is 12.1 Å². The van der Waals surface area contributed by atoms with Crippen LogP contribution in [0.1, 0.15) is 137 Å². The number of alkyl halides is 3. The Morgan fingerprint density at radius 3 is 1.02 bits per heavy atom. The van der Waals surface area contributed by atoms with Gasteiger partial charge in [0, 0.05) is 25.7 Å². The van der Waals surface area contributed by atoms with Gasteiger partial charge in [-0.1, -0.05) is 6.07 Å². The van der Waals surface area contributed by atoms with Crippen molar-refractivity contribution in [1.29, 1.82) is 0 Å². The standard InChI is InChI=1S/C39H55F3O8/c1-35(2,3)47-31(43)19-15-25-26(16-20-32(44)48-36(4,5)6)28-14-13-24(39(40,41)42)23-30(28)29(18-22-34(46)50-38(10,11)12)27(25)17-21-33(45)49-37(7,8)9/h13-14,23H,15-22H2,1-12H3. The van der Waals surface area contributed by atoms with E-state index in [9.17, 15) is 32.3 Å². The highest BCUT2D eigenvalue weighted by Gasteiger charge is 2.32. The summed E-state index contributed by atoms with van der Waals surface area (Å²) in [6.45, 7) is 20.8. The van der Waals surface area contributed by atoms with E-state index in [1.165, 1.54) is 6.07 Å². The second-order valence-electron chi connectivity index (χ2n) is 16.5. The van der Waals surface area contributed by atoms with Gasteiger partial charge in [-0.3, -0.25) is 19.2 Å². The lowest BCUT2D eigenvalue weighted by Crippen LogP contribution is -2.25. The minimum Gasteiger partial charge on any atom is -0.460 e. The number of rotatable bonds is 12. The predicted octanol–water partition coefficient (Wildman–Crippen LogP) is 8.96. The molecule has 11 heteroatoms. The molecule has 280 valence electrons. The van der Waals surface area contributed by atoms with Gasteiger partial charge in [-0.25, -0.2) is 0 Å². The monoisotopic (exact) mass is 708 g/mol. The molecule has 50 heavy (non-hydrogen) atoms. The number of hydrogen-bond donors (Lipinski definition) is 0. The van der Waals surface area contributed by atoms with Crippen LogP contribution < -0.4 is 0 Å². The number of fused-ring (bicyclic) bond motifs is 1. The van der Waals surface area contributed by atoms with E-state index < -0.39 is 58.0 Å². The summed E-state index contributed by atoms with van der Waals surface area (Å²) in [5.41, 5.74) is -1.85. The molecule has 0 saturated carbocycles. The molecule has 0 aromatic heterocycles. The molecule has 0 aliphatic rings. The van der Waals surface area contributed by atoms with Crippen LogP contribution in [0.4, 0.5) is 13.2 Å². The molecule has 0 N–H and O–H groups in total. The maximum Gasteiger partial charge on any atom is 0.416 e. The van der Waals surface area contributed by atoms with Crippen molar-refractivity contribution in [2.75, 3.05) is 0 Å². The molecule has 2 rings (SSSR count). The third-order valence-electron chi connectivity index (χ3n) is 7.09. The summed E-state index contributed by atoms with van der Waals surface area (Å²) in [5, 5.41) is 0.684. The average molecular weight is 709 g/mol. The zero-order valence-electron chi connectivity index (χ0n) is 31.8. The van der Waals surface area contributed by atoms with E-state index >= 15 is 0 Å². The zero-order valence-corrected chi connectivity index (χ0v) is 31.8. The van der Waals surface area contributed by atoms with Crippen LogP contribution in [-0.4, -0.2) is 46.3 Å². The molecule has 0 heterocycles. The number of halogens is 3. The highest BCUT2D eigenvalue weighted by molar-refractivity contribution is 5.93. The molecule has 0 amide bonds. The number of benzene rings is 2. The van der Waals surface area contributed by atoms with Crippen molar-refractivity contribution in [1.82, 2.24) is 0 Å². The van der Waals surface area contributed by atoms with Crippen LogP contribution in [0.5, 0.6) is 0 Å². The molecule has 0 atom stereocenters. The Morgan fingerprint density at radius 2 is 0.740 bits per heavy atom. The molecule has 0 bridgehead atoms. The first-order valence-corrected chi connectivity index (χ1v) is 17.1. The maximum absolute atomic E-state index is 14.1. The van der Waals surface area contributed by atoms with Crippen LogP contribution in [0.25, 0.3) is 10.8 Å². The van der Waals surface area contributed by atoms with Gasteiger partial charge < -0.3 is 18.9 Å². The summed E-state index contributed by atoms with van der Waals surface area (Å²) in [6.07, 6.45) is -4.85. The van der Waals surface area contributed by atoms with Crippen molar-refractivity contribution in [2.45, 2.75) is 163 Å². The summed E-state index contributed by atoms with van der Waals surface area (Å²) < 4.78 is 64.6. The fraction of sp³-hybridized carbons (Fsp3) is 0.641. The van der Waals surface area contributed by atoms with Crippen molar-refractivity contribution in [3.8, 4) is 0 Å². The van der Waals surface area contributed by atoms with Crippen molar-refractivity contribution in [3.63, 3.8) is 0 Å². The van der Waals surface area contributed by atoms with Gasteiger partial charge in [-0.05, 0) is 154 Å². The number of esters is 4. The van der Waals surface area contributed by atoms with E-state index in [1.807, 2.05) is 0 Å². The molecule has 2 aromatic carbocycles. The SMILES string of the molecule is CC(C)(C)OC(=O)CCc1c(CCC(=O)OC(C)(C)C)c(CCC(=O)OC(C)(C)C)c2cc(C(F)(F)F)ccc2c1CCC(=O)OC(C)(C)C. The average Bonchev–Trinajstić information content (AvgIpc) is 2.88. The number of ether oxygens (including phenoxy) is 4. The molecule has 0 aliphatic carbocycles. The van der Waals surface area contributed by atoms with Crippen LogP contribution in [0.2, 0.25) is 0 Å². The Balaban J connectivity index is 2.93. The first kappa shape index (κ1) is 42.5. The Bertz CT molecular complexity index is 1550. The van der Waals surface area contributed by atoms with Gasteiger partial charge in [-0.15, -0.1) is 0 Å². The lowest BCUT2D eigenvalue weighted by atomic mass is 9.81. The van der Waals surface area contributed by atoms with Crippen LogP contribution in [0, 0.1) is 0 Å². The van der Waals surface area contributed by atoms with Crippen LogP contribution >= 0.6 is 0 Å². The van der Waals surface area contributed by atoms with E-state index in [0.29, 0.717) is 27.6 Å². The van der Waals surface area contributed by atoms with Gasteiger partial charge in [0.25, 0.3) is 0 Å². The number of hydrogen-bond acceptors (Lipinski definition) is 8. The third kappa shape index (κ3) is 14.7. The van der Waals surface area contributed by atoms with Gasteiger partial charge in [0.2, 0.25) is 0 Å². The van der Waals surface area contributed by atoms with Gasteiger partial charge in [-0.2, -0.15) is 13.2 Å². The molecule has 0 radical (unpaired) electrons. The Morgan fingerprint density at radius 1 is 0.460 bits per heavy atom. The van der Waals surface area contributed by atoms with Gasteiger partial charge in [0.15, 0.2) is 0 Å². The highest BCUT2D eigenvalue weighted by atomic mass is 19.4. The quantitative estimate of drug-likeness (QED) is 0.159. The smallest absolute Gasteiger partial charge is 0.416 e. The summed E-state index contributed by atoms with van der Waals surface area (Å²) >= 11 is 0. The van der Waals surface area contributed by atoms with E-state index in [-0.39, 0.29) is 56.8 Å². The fourth-order valence-electron chi connectivity index (χ4n) is 5.58. The van der Waals surface area contributed by atoms with Crippen LogP contribution in [0.15, 0.2) is 18.2 Å². The molecular formula is C39H55F3O8. The Hall–Kier alpha value is -3.63. The van der Waals surface area contributed by atoms with Gasteiger partial charge in [0.1, 0.15) is 22.4 Å². The molecular weight excluding hydrogens is 653 g/mol. The predicted molar refractivity (Wildman–Crippen MR) is 186 cm³/mol. The van der Waals surface area contributed by atoms with E-state index in [2.05, 4.69) is 0 Å². The third-order valence-corrected chi connectivity index (χ3v) is 7.09. The molecule has 0 aliphatic heterocycles. The van der Waals surface area contributed by atoms with Crippen molar-refractivity contribution in [3.05, 3.63) is 46.0 Å². The summed E-state index contributed by atoms with van der Waals surface area (Å²) in [5.74, 6) is -2.05.